The molecule has 1 aromatic heterocycles. The minimum Gasteiger partial charge on any atom is -0.378 e. The number of amidine groups is 1. The molecule has 2 N–H and O–H groups in total. The molecule has 3 aromatic rings. The number of carbonyl (C=O) groups excluding carboxylic acids is 1. The number of rotatable bonds is 5. The Morgan fingerprint density at radius 2 is 1.79 bits per heavy atom. The number of hydrogen-bond donors (Lipinski definition) is 1. The first-order valence-electron chi connectivity index (χ1n) is 10.5. The van der Waals surface area contributed by atoms with Gasteiger partial charge in [0.2, 0.25) is 10.0 Å². The molecule has 0 saturated carbocycles. The van der Waals surface area contributed by atoms with Crippen LogP contribution in [0.25, 0.3) is 23.0 Å². The van der Waals surface area contributed by atoms with Gasteiger partial charge in [0, 0.05) is 30.4 Å². The van der Waals surface area contributed by atoms with E-state index in [2.05, 4.69) is 4.99 Å². The maximum atomic E-state index is 13.1. The minimum absolute atomic E-state index is 0.196. The molecule has 1 amide bonds. The van der Waals surface area contributed by atoms with Gasteiger partial charge in [-0.15, -0.1) is 0 Å². The van der Waals surface area contributed by atoms with Crippen LogP contribution in [0, 0.1) is 0 Å². The number of carbonyl (C=O) groups is 1. The fourth-order valence-corrected chi connectivity index (χ4v) is 6.11. The zero-order valence-corrected chi connectivity index (χ0v) is 19.2. The van der Waals surface area contributed by atoms with E-state index >= 15 is 0 Å². The number of aromatic nitrogens is 2. The first-order chi connectivity index (χ1) is 15.9. The van der Waals surface area contributed by atoms with E-state index in [0.717, 1.165) is 30.3 Å². The Labute approximate surface area is 195 Å². The highest BCUT2D eigenvalue weighted by atomic mass is 32.2. The SMILES string of the molecule is NC1=NC(=O)/C(=C/c2cn(-c3ccccc3)nc2-c2cccc(S(=O)(=O)N3CCCC3)c2)S1. The van der Waals surface area contributed by atoms with Crippen LogP contribution in [0.4, 0.5) is 0 Å². The van der Waals surface area contributed by atoms with Crippen molar-refractivity contribution in [1.29, 1.82) is 0 Å². The summed E-state index contributed by atoms with van der Waals surface area (Å²) in [7, 11) is -3.58. The molecule has 5 rings (SSSR count). The molecule has 1 fully saturated rings. The van der Waals surface area contributed by atoms with Crippen LogP contribution in [0.3, 0.4) is 0 Å². The molecule has 0 radical (unpaired) electrons. The maximum absolute atomic E-state index is 13.1. The highest BCUT2D eigenvalue weighted by molar-refractivity contribution is 8.18. The lowest BCUT2D eigenvalue weighted by molar-refractivity contribution is -0.113. The molecule has 2 aromatic carbocycles. The third-order valence-corrected chi connectivity index (χ3v) is 8.20. The van der Waals surface area contributed by atoms with Gasteiger partial charge in [0.1, 0.15) is 5.69 Å². The van der Waals surface area contributed by atoms with Crippen molar-refractivity contribution in [3.8, 4) is 16.9 Å². The molecule has 1 saturated heterocycles. The molecule has 0 unspecified atom stereocenters. The van der Waals surface area contributed by atoms with E-state index in [4.69, 9.17) is 10.8 Å². The summed E-state index contributed by atoms with van der Waals surface area (Å²) >= 11 is 1.10. The predicted molar refractivity (Wildman–Crippen MR) is 129 cm³/mol. The highest BCUT2D eigenvalue weighted by Gasteiger charge is 2.28. The standard InChI is InChI=1S/C23H21N5O3S2/c24-23-25-22(29)20(32-23)14-17-15-28(18-8-2-1-3-9-18)26-21(17)16-7-6-10-19(13-16)33(30,31)27-11-4-5-12-27/h1-3,6-10,13-15H,4-5,11-12H2,(H2,24,25,29)/b20-14-. The average Bonchev–Trinajstić information content (AvgIpc) is 3.56. The smallest absolute Gasteiger partial charge is 0.286 e. The van der Waals surface area contributed by atoms with Gasteiger partial charge in [-0.1, -0.05) is 30.3 Å². The van der Waals surface area contributed by atoms with E-state index in [0.29, 0.717) is 34.8 Å². The molecule has 33 heavy (non-hydrogen) atoms. The second kappa shape index (κ2) is 8.62. The summed E-state index contributed by atoms with van der Waals surface area (Å²) in [5.74, 6) is -0.402. The third-order valence-electron chi connectivity index (χ3n) is 5.50. The van der Waals surface area contributed by atoms with Crippen molar-refractivity contribution in [2.45, 2.75) is 17.7 Å². The second-order valence-electron chi connectivity index (χ2n) is 7.72. The molecule has 0 atom stereocenters. The molecule has 0 aliphatic carbocycles. The zero-order valence-electron chi connectivity index (χ0n) is 17.6. The number of sulfonamides is 1. The molecule has 168 valence electrons. The van der Waals surface area contributed by atoms with E-state index in [1.165, 1.54) is 4.31 Å². The quantitative estimate of drug-likeness (QED) is 0.563. The van der Waals surface area contributed by atoms with Crippen LogP contribution in [0.2, 0.25) is 0 Å². The number of para-hydroxylation sites is 1. The number of hydrogen-bond acceptors (Lipinski definition) is 6. The molecule has 0 bridgehead atoms. The zero-order chi connectivity index (χ0) is 23.0. The summed E-state index contributed by atoms with van der Waals surface area (Å²) in [6.07, 6.45) is 5.24. The summed E-state index contributed by atoms with van der Waals surface area (Å²) in [5.41, 5.74) is 8.40. The number of aliphatic imine (C=N–C) groups is 1. The summed E-state index contributed by atoms with van der Waals surface area (Å²) in [6.45, 7) is 1.07. The van der Waals surface area contributed by atoms with E-state index in [-0.39, 0.29) is 10.1 Å². The van der Waals surface area contributed by atoms with E-state index in [9.17, 15) is 13.2 Å². The van der Waals surface area contributed by atoms with Crippen LogP contribution >= 0.6 is 11.8 Å². The number of thioether (sulfide) groups is 1. The summed E-state index contributed by atoms with van der Waals surface area (Å²) in [4.78, 5) is 16.6. The van der Waals surface area contributed by atoms with Gasteiger partial charge in [0.25, 0.3) is 5.91 Å². The number of benzene rings is 2. The Morgan fingerprint density at radius 3 is 2.48 bits per heavy atom. The lowest BCUT2D eigenvalue weighted by Gasteiger charge is -2.16. The Kier molecular flexibility index (Phi) is 5.65. The first-order valence-corrected chi connectivity index (χ1v) is 12.7. The monoisotopic (exact) mass is 479 g/mol. The topological polar surface area (TPSA) is 111 Å². The largest absolute Gasteiger partial charge is 0.378 e. The fourth-order valence-electron chi connectivity index (χ4n) is 3.88. The lowest BCUT2D eigenvalue weighted by Crippen LogP contribution is -2.27. The molecule has 10 heteroatoms. The molecular weight excluding hydrogens is 458 g/mol. The van der Waals surface area contributed by atoms with Crippen LogP contribution < -0.4 is 5.73 Å². The molecule has 3 heterocycles. The second-order valence-corrected chi connectivity index (χ2v) is 10.7. The number of nitrogens with zero attached hydrogens (tertiary/aromatic N) is 4. The van der Waals surface area contributed by atoms with Gasteiger partial charge < -0.3 is 5.73 Å². The molecular formula is C23H21N5O3S2. The van der Waals surface area contributed by atoms with Gasteiger partial charge in [-0.3, -0.25) is 4.79 Å². The van der Waals surface area contributed by atoms with Crippen molar-refractivity contribution in [2.24, 2.45) is 10.7 Å². The van der Waals surface area contributed by atoms with Crippen LogP contribution in [0.1, 0.15) is 18.4 Å². The summed E-state index contributed by atoms with van der Waals surface area (Å²) < 4.78 is 29.4. The van der Waals surface area contributed by atoms with Gasteiger partial charge in [0.05, 0.1) is 15.5 Å². The molecule has 0 spiro atoms. The minimum atomic E-state index is -3.58. The van der Waals surface area contributed by atoms with Crippen LogP contribution in [0.5, 0.6) is 0 Å². The van der Waals surface area contributed by atoms with Crippen LogP contribution in [0.15, 0.2) is 75.6 Å². The van der Waals surface area contributed by atoms with Crippen LogP contribution in [-0.2, 0) is 14.8 Å². The third kappa shape index (κ3) is 4.24. The van der Waals surface area contributed by atoms with Crippen molar-refractivity contribution in [3.63, 3.8) is 0 Å². The van der Waals surface area contributed by atoms with E-state index in [1.807, 2.05) is 42.6 Å². The first kappa shape index (κ1) is 21.6. The number of nitrogens with two attached hydrogens (primary N) is 1. The summed E-state index contributed by atoms with van der Waals surface area (Å²) in [6, 6.07) is 16.3. The average molecular weight is 480 g/mol. The molecule has 2 aliphatic rings. The van der Waals surface area contributed by atoms with E-state index < -0.39 is 15.9 Å². The Morgan fingerprint density at radius 1 is 1.03 bits per heavy atom. The van der Waals surface area contributed by atoms with E-state index in [1.54, 1.807) is 29.0 Å². The molecule has 8 nitrogen and oxygen atoms in total. The maximum Gasteiger partial charge on any atom is 0.286 e. The van der Waals surface area contributed by atoms with Gasteiger partial charge in [0.15, 0.2) is 5.17 Å². The number of amides is 1. The Balaban J connectivity index is 1.61. The lowest BCUT2D eigenvalue weighted by atomic mass is 10.1. The van der Waals surface area contributed by atoms with Crippen molar-refractivity contribution < 1.29 is 13.2 Å². The van der Waals surface area contributed by atoms with Crippen LogP contribution in [-0.4, -0.2) is 46.7 Å². The normalized spacial score (nSPS) is 18.2. The highest BCUT2D eigenvalue weighted by Crippen LogP contribution is 2.32. The van der Waals surface area contributed by atoms with Gasteiger partial charge in [-0.2, -0.15) is 14.4 Å². The van der Waals surface area contributed by atoms with Gasteiger partial charge >= 0.3 is 0 Å². The van der Waals surface area contributed by atoms with Gasteiger partial charge in [-0.25, -0.2) is 13.1 Å². The van der Waals surface area contributed by atoms with Crippen molar-refractivity contribution >= 4 is 38.9 Å². The predicted octanol–water partition coefficient (Wildman–Crippen LogP) is 3.25. The van der Waals surface area contributed by atoms with Crippen molar-refractivity contribution in [1.82, 2.24) is 14.1 Å². The molecule has 2 aliphatic heterocycles. The van der Waals surface area contributed by atoms with Crippen molar-refractivity contribution in [2.75, 3.05) is 13.1 Å². The Hall–Kier alpha value is -3.21. The van der Waals surface area contributed by atoms with Gasteiger partial charge in [-0.05, 0) is 54.9 Å². The summed E-state index contributed by atoms with van der Waals surface area (Å²) in [5, 5.41) is 4.93. The fraction of sp³-hybridized carbons (Fsp3) is 0.174. The Bertz CT molecular complexity index is 1390. The van der Waals surface area contributed by atoms with Crippen molar-refractivity contribution in [3.05, 3.63) is 71.3 Å².